The van der Waals surface area contributed by atoms with E-state index in [0.29, 0.717) is 5.75 Å². The van der Waals surface area contributed by atoms with E-state index in [4.69, 9.17) is 35.6 Å². The Bertz CT molecular complexity index is 1960. The van der Waals surface area contributed by atoms with Gasteiger partial charge in [-0.3, -0.25) is 14.3 Å². The van der Waals surface area contributed by atoms with Crippen LogP contribution in [0.15, 0.2) is 143 Å². The molecular weight excluding hydrogens is 693 g/mol. The third-order valence-electron chi connectivity index (χ3n) is 9.83. The number of hydrogen-bond donors (Lipinski definition) is 1. The van der Waals surface area contributed by atoms with E-state index < -0.39 is 49.7 Å². The summed E-state index contributed by atoms with van der Waals surface area (Å²) in [5.74, 6) is 0.505. The maximum Gasteiger partial charge on any atom is 0.358 e. The SMILES string of the molecule is CC(C)(C)[Si](C)(C)O[C@@H]1[C@H](OC(=S)Oc2ccccc2)[C@@H](COC(c2ccccc2)(c2ccccc2)c2ccccc2)O[C@H]1n1ccc(=O)[nH]c1=O. The molecule has 9 nitrogen and oxygen atoms in total. The molecule has 0 radical (unpaired) electrons. The lowest BCUT2D eigenvalue weighted by atomic mass is 9.80. The van der Waals surface area contributed by atoms with Gasteiger partial charge in [0.1, 0.15) is 23.6 Å². The summed E-state index contributed by atoms with van der Waals surface area (Å²) < 4.78 is 34.8. The number of benzene rings is 4. The predicted octanol–water partition coefficient (Wildman–Crippen LogP) is 7.58. The number of rotatable bonds is 11. The van der Waals surface area contributed by atoms with Crippen molar-refractivity contribution >= 4 is 25.8 Å². The van der Waals surface area contributed by atoms with Gasteiger partial charge in [0.25, 0.3) is 5.56 Å². The maximum atomic E-state index is 13.3. The molecule has 2 heterocycles. The van der Waals surface area contributed by atoms with Crippen molar-refractivity contribution < 1.29 is 23.4 Å². The highest BCUT2D eigenvalue weighted by molar-refractivity contribution is 7.79. The average molecular weight is 737 g/mol. The number of nitrogens with zero attached hydrogens (tertiary/aromatic N) is 1. The van der Waals surface area contributed by atoms with Crippen LogP contribution >= 0.6 is 12.2 Å². The molecule has 0 spiro atoms. The molecule has 4 atom stereocenters. The molecule has 4 aromatic carbocycles. The van der Waals surface area contributed by atoms with E-state index in [1.807, 2.05) is 109 Å². The molecule has 0 aliphatic carbocycles. The molecule has 270 valence electrons. The number of thiocarbonyl (C=S) groups is 1. The third-order valence-corrected chi connectivity index (χ3v) is 14.5. The molecule has 11 heteroatoms. The number of hydrogen-bond acceptors (Lipinski definition) is 8. The van der Waals surface area contributed by atoms with Crippen molar-refractivity contribution in [2.45, 2.75) is 69.0 Å². The molecule has 6 rings (SSSR count). The van der Waals surface area contributed by atoms with Crippen molar-refractivity contribution in [1.29, 1.82) is 0 Å². The van der Waals surface area contributed by atoms with Crippen molar-refractivity contribution in [3.05, 3.63) is 171 Å². The van der Waals surface area contributed by atoms with Crippen molar-refractivity contribution in [2.24, 2.45) is 0 Å². The van der Waals surface area contributed by atoms with Crippen LogP contribution in [0.4, 0.5) is 0 Å². The van der Waals surface area contributed by atoms with Crippen LogP contribution in [0.3, 0.4) is 0 Å². The van der Waals surface area contributed by atoms with Gasteiger partial charge in [-0.15, -0.1) is 0 Å². The Balaban J connectivity index is 1.46. The number of aromatic amines is 1. The van der Waals surface area contributed by atoms with Crippen molar-refractivity contribution in [3.8, 4) is 5.75 Å². The van der Waals surface area contributed by atoms with Gasteiger partial charge in [-0.1, -0.05) is 130 Å². The predicted molar refractivity (Wildman–Crippen MR) is 207 cm³/mol. The summed E-state index contributed by atoms with van der Waals surface area (Å²) in [5.41, 5.74) is 0.498. The number of nitrogens with one attached hydrogen (secondary N) is 1. The molecule has 1 N–H and O–H groups in total. The lowest BCUT2D eigenvalue weighted by molar-refractivity contribution is -0.0952. The Labute approximate surface area is 310 Å². The number of aromatic nitrogens is 2. The molecule has 5 aromatic rings. The van der Waals surface area contributed by atoms with Crippen molar-refractivity contribution in [3.63, 3.8) is 0 Å². The van der Waals surface area contributed by atoms with Crippen LogP contribution in [0.25, 0.3) is 0 Å². The van der Waals surface area contributed by atoms with Crippen LogP contribution in [0.2, 0.25) is 18.1 Å². The molecule has 0 saturated carbocycles. The number of para-hydroxylation sites is 1. The first-order chi connectivity index (χ1) is 24.9. The maximum absolute atomic E-state index is 13.3. The Morgan fingerprint density at radius 1 is 0.769 bits per heavy atom. The Morgan fingerprint density at radius 3 is 1.75 bits per heavy atom. The second-order valence-electron chi connectivity index (χ2n) is 14.3. The minimum absolute atomic E-state index is 0.0106. The van der Waals surface area contributed by atoms with Gasteiger partial charge in [-0.2, -0.15) is 0 Å². The van der Waals surface area contributed by atoms with E-state index in [1.165, 1.54) is 16.8 Å². The van der Waals surface area contributed by atoms with Crippen LogP contribution in [0.5, 0.6) is 5.75 Å². The Hall–Kier alpha value is -4.65. The molecule has 1 fully saturated rings. The van der Waals surface area contributed by atoms with Gasteiger partial charge in [0.05, 0.1) is 6.61 Å². The molecule has 1 saturated heterocycles. The van der Waals surface area contributed by atoms with E-state index in [1.54, 1.807) is 12.1 Å². The normalized spacial score (nSPS) is 19.2. The average Bonchev–Trinajstić information content (AvgIpc) is 3.44. The minimum atomic E-state index is -2.56. The van der Waals surface area contributed by atoms with Crippen LogP contribution in [-0.2, 0) is 24.2 Å². The quantitative estimate of drug-likeness (QED) is 0.0842. The second-order valence-corrected chi connectivity index (χ2v) is 19.4. The molecule has 1 aliphatic rings. The first kappa shape index (κ1) is 37.1. The zero-order valence-corrected chi connectivity index (χ0v) is 31.7. The van der Waals surface area contributed by atoms with E-state index >= 15 is 0 Å². The van der Waals surface area contributed by atoms with Crippen molar-refractivity contribution in [1.82, 2.24) is 9.55 Å². The molecular formula is C41H44N2O7SSi. The van der Waals surface area contributed by atoms with Gasteiger partial charge >= 0.3 is 10.9 Å². The number of H-pyrrole nitrogens is 1. The highest BCUT2D eigenvalue weighted by Crippen LogP contribution is 2.45. The molecule has 52 heavy (non-hydrogen) atoms. The van der Waals surface area contributed by atoms with Crippen LogP contribution in [0, 0.1) is 0 Å². The van der Waals surface area contributed by atoms with E-state index in [-0.39, 0.29) is 16.9 Å². The largest absolute Gasteiger partial charge is 0.447 e. The first-order valence-corrected chi connectivity index (χ1v) is 20.6. The highest BCUT2D eigenvalue weighted by atomic mass is 32.1. The van der Waals surface area contributed by atoms with Crippen LogP contribution in [-0.4, -0.2) is 48.0 Å². The van der Waals surface area contributed by atoms with Gasteiger partial charge in [-0.05, 0) is 47.0 Å². The second kappa shape index (κ2) is 15.5. The van der Waals surface area contributed by atoms with Gasteiger partial charge in [0.15, 0.2) is 20.6 Å². The summed E-state index contributed by atoms with van der Waals surface area (Å²) in [6.07, 6.45) is -2.17. The molecule has 1 aromatic heterocycles. The van der Waals surface area contributed by atoms with Crippen LogP contribution in [0.1, 0.15) is 43.7 Å². The van der Waals surface area contributed by atoms with Gasteiger partial charge in [-0.25, -0.2) is 4.79 Å². The number of ether oxygens (including phenoxy) is 4. The smallest absolute Gasteiger partial charge is 0.358 e. The molecule has 0 unspecified atom stereocenters. The lowest BCUT2D eigenvalue weighted by Crippen LogP contribution is -2.51. The third kappa shape index (κ3) is 7.89. The fraction of sp³-hybridized carbons (Fsp3) is 0.293. The van der Waals surface area contributed by atoms with Crippen molar-refractivity contribution in [2.75, 3.05) is 6.61 Å². The fourth-order valence-electron chi connectivity index (χ4n) is 6.17. The van der Waals surface area contributed by atoms with Gasteiger partial charge in [0.2, 0.25) is 0 Å². The highest BCUT2D eigenvalue weighted by Gasteiger charge is 2.54. The summed E-state index contributed by atoms with van der Waals surface area (Å²) in [5, 5.41) is -0.347. The lowest BCUT2D eigenvalue weighted by Gasteiger charge is -2.40. The minimum Gasteiger partial charge on any atom is -0.447 e. The fourth-order valence-corrected chi connectivity index (χ4v) is 7.67. The molecule has 0 amide bonds. The zero-order chi connectivity index (χ0) is 36.9. The van der Waals surface area contributed by atoms with E-state index in [9.17, 15) is 9.59 Å². The summed E-state index contributed by atoms with van der Waals surface area (Å²) in [7, 11) is -2.56. The van der Waals surface area contributed by atoms with E-state index in [2.05, 4.69) is 38.8 Å². The summed E-state index contributed by atoms with van der Waals surface area (Å²) in [4.78, 5) is 27.9. The first-order valence-electron chi connectivity index (χ1n) is 17.3. The Morgan fingerprint density at radius 2 is 1.27 bits per heavy atom. The summed E-state index contributed by atoms with van der Waals surface area (Å²) in [6, 6.07) is 40.5. The van der Waals surface area contributed by atoms with Gasteiger partial charge < -0.3 is 23.4 Å². The summed E-state index contributed by atoms with van der Waals surface area (Å²) in [6.45, 7) is 10.6. The van der Waals surface area contributed by atoms with E-state index in [0.717, 1.165) is 16.7 Å². The molecule has 0 bridgehead atoms. The van der Waals surface area contributed by atoms with Crippen LogP contribution < -0.4 is 16.0 Å². The van der Waals surface area contributed by atoms with Gasteiger partial charge in [0, 0.05) is 24.5 Å². The zero-order valence-electron chi connectivity index (χ0n) is 29.9. The topological polar surface area (TPSA) is 101 Å². The Kier molecular flexibility index (Phi) is 11.1. The standard InChI is InChI=1S/C41H44N2O7SSi/c1-40(2,3)52(4,5)50-36-35(49-39(51)47-32-24-16-9-17-25-32)33(48-37(36)43-27-26-34(44)42-38(43)45)28-46-41(29-18-10-6-11-19-29,30-20-12-7-13-21-30)31-22-14-8-15-23-31/h6-27,33,35-37H,28H2,1-5H3,(H,42,44,45)/t33-,35-,36-,37-/m1/s1. The summed E-state index contributed by atoms with van der Waals surface area (Å²) >= 11 is 5.68. The monoisotopic (exact) mass is 736 g/mol. The molecule has 1 aliphatic heterocycles.